The molecule has 0 saturated carbocycles. The minimum atomic E-state index is -0.627. The van der Waals surface area contributed by atoms with Crippen LogP contribution in [-0.2, 0) is 0 Å². The summed E-state index contributed by atoms with van der Waals surface area (Å²) >= 11 is 0. The van der Waals surface area contributed by atoms with Crippen LogP contribution < -0.4 is 16.7 Å². The number of carbonyl (C=O) groups excluding carboxylic acids is 1. The third-order valence-electron chi connectivity index (χ3n) is 3.03. The first-order chi connectivity index (χ1) is 9.04. The number of rotatable bonds is 3. The van der Waals surface area contributed by atoms with Gasteiger partial charge >= 0.3 is 5.63 Å². The fraction of sp³-hybridized carbons (Fsp3) is 0.286. The molecule has 0 saturated heterocycles. The van der Waals surface area contributed by atoms with Crippen molar-refractivity contribution < 1.29 is 9.21 Å². The van der Waals surface area contributed by atoms with Gasteiger partial charge in [-0.2, -0.15) is 0 Å². The van der Waals surface area contributed by atoms with Crippen LogP contribution >= 0.6 is 0 Å². The van der Waals surface area contributed by atoms with E-state index >= 15 is 0 Å². The van der Waals surface area contributed by atoms with Gasteiger partial charge in [-0.1, -0.05) is 18.2 Å². The van der Waals surface area contributed by atoms with Crippen LogP contribution in [0, 0.1) is 6.92 Å². The molecule has 1 atom stereocenters. The third kappa shape index (κ3) is 2.51. The Bertz CT molecular complexity index is 676. The molecule has 19 heavy (non-hydrogen) atoms. The smallest absolute Gasteiger partial charge is 0.349 e. The van der Waals surface area contributed by atoms with Crippen molar-refractivity contribution in [2.45, 2.75) is 19.9 Å². The van der Waals surface area contributed by atoms with E-state index in [0.717, 1.165) is 5.39 Å². The number of amides is 1. The molecule has 100 valence electrons. The molecule has 0 aliphatic heterocycles. The Labute approximate surface area is 110 Å². The van der Waals surface area contributed by atoms with Gasteiger partial charge in [0.05, 0.1) is 0 Å². The molecule has 1 amide bonds. The molecule has 0 radical (unpaired) electrons. The molecule has 1 aromatic carbocycles. The first-order valence-corrected chi connectivity index (χ1v) is 6.08. The summed E-state index contributed by atoms with van der Waals surface area (Å²) in [6, 6.07) is 6.93. The van der Waals surface area contributed by atoms with E-state index in [1.165, 1.54) is 0 Å². The molecule has 0 aliphatic rings. The number of hydrogen-bond donors (Lipinski definition) is 2. The Morgan fingerprint density at radius 3 is 2.79 bits per heavy atom. The minimum Gasteiger partial charge on any atom is -0.422 e. The van der Waals surface area contributed by atoms with E-state index in [0.29, 0.717) is 17.7 Å². The lowest BCUT2D eigenvalue weighted by atomic mass is 10.1. The first kappa shape index (κ1) is 13.3. The maximum absolute atomic E-state index is 12.1. The topological polar surface area (TPSA) is 85.3 Å². The second-order valence-corrected chi connectivity index (χ2v) is 4.50. The van der Waals surface area contributed by atoms with Crippen molar-refractivity contribution in [1.29, 1.82) is 0 Å². The Kier molecular flexibility index (Phi) is 3.66. The summed E-state index contributed by atoms with van der Waals surface area (Å²) in [5.41, 5.74) is 5.96. The Hall–Kier alpha value is -2.14. The van der Waals surface area contributed by atoms with Gasteiger partial charge in [-0.3, -0.25) is 4.79 Å². The van der Waals surface area contributed by atoms with Gasteiger partial charge in [-0.15, -0.1) is 0 Å². The maximum atomic E-state index is 12.1. The predicted molar refractivity (Wildman–Crippen MR) is 73.2 cm³/mol. The van der Waals surface area contributed by atoms with Crippen LogP contribution in [-0.4, -0.2) is 18.5 Å². The molecule has 5 nitrogen and oxygen atoms in total. The number of aryl methyl sites for hydroxylation is 1. The Morgan fingerprint density at radius 2 is 2.11 bits per heavy atom. The highest BCUT2D eigenvalue weighted by molar-refractivity contribution is 5.99. The summed E-state index contributed by atoms with van der Waals surface area (Å²) in [4.78, 5) is 24.0. The summed E-state index contributed by atoms with van der Waals surface area (Å²) in [6.07, 6.45) is 0. The fourth-order valence-electron chi connectivity index (χ4n) is 1.92. The molecule has 2 aromatic rings. The van der Waals surface area contributed by atoms with E-state index < -0.39 is 11.5 Å². The molecule has 1 heterocycles. The lowest BCUT2D eigenvalue weighted by Gasteiger charge is -2.12. The van der Waals surface area contributed by atoms with E-state index in [4.69, 9.17) is 10.2 Å². The van der Waals surface area contributed by atoms with Gasteiger partial charge in [0.15, 0.2) is 0 Å². The fourth-order valence-corrected chi connectivity index (χ4v) is 1.92. The standard InChI is InChI=1S/C14H16N2O3/c1-8(7-15)16-13(17)12-9(2)10-5-3-4-6-11(10)19-14(12)18/h3-6,8H,7,15H2,1-2H3,(H,16,17)/t8-/m0/s1. The first-order valence-electron chi connectivity index (χ1n) is 6.08. The summed E-state index contributed by atoms with van der Waals surface area (Å²) in [5.74, 6) is -0.449. The highest BCUT2D eigenvalue weighted by Gasteiger charge is 2.19. The van der Waals surface area contributed by atoms with Crippen molar-refractivity contribution in [3.05, 3.63) is 45.8 Å². The average molecular weight is 260 g/mol. The SMILES string of the molecule is Cc1c(C(=O)N[C@@H](C)CN)c(=O)oc2ccccc12. The van der Waals surface area contributed by atoms with Gasteiger partial charge in [0.2, 0.25) is 0 Å². The number of benzene rings is 1. The molecule has 2 rings (SSSR count). The van der Waals surface area contributed by atoms with Crippen molar-refractivity contribution in [3.63, 3.8) is 0 Å². The number of para-hydroxylation sites is 1. The van der Waals surface area contributed by atoms with Crippen molar-refractivity contribution in [3.8, 4) is 0 Å². The third-order valence-corrected chi connectivity index (χ3v) is 3.03. The second-order valence-electron chi connectivity index (χ2n) is 4.50. The predicted octanol–water partition coefficient (Wildman–Crippen LogP) is 1.18. The number of fused-ring (bicyclic) bond motifs is 1. The lowest BCUT2D eigenvalue weighted by molar-refractivity contribution is 0.0937. The highest BCUT2D eigenvalue weighted by Crippen LogP contribution is 2.18. The summed E-state index contributed by atoms with van der Waals surface area (Å²) in [7, 11) is 0. The zero-order chi connectivity index (χ0) is 14.0. The molecule has 0 fully saturated rings. The summed E-state index contributed by atoms with van der Waals surface area (Å²) in [5, 5.41) is 3.43. The molecular weight excluding hydrogens is 244 g/mol. The van der Waals surface area contributed by atoms with Crippen molar-refractivity contribution in [2.75, 3.05) is 6.54 Å². The van der Waals surface area contributed by atoms with E-state index in [-0.39, 0.29) is 11.6 Å². The number of nitrogens with one attached hydrogen (secondary N) is 1. The number of carbonyl (C=O) groups is 1. The lowest BCUT2D eigenvalue weighted by Crippen LogP contribution is -2.40. The monoisotopic (exact) mass is 260 g/mol. The normalized spacial score (nSPS) is 12.4. The van der Waals surface area contributed by atoms with Gasteiger partial charge < -0.3 is 15.5 Å². The molecule has 0 bridgehead atoms. The van der Waals surface area contributed by atoms with E-state index in [1.54, 1.807) is 26.0 Å². The van der Waals surface area contributed by atoms with E-state index in [9.17, 15) is 9.59 Å². The van der Waals surface area contributed by atoms with Gasteiger partial charge in [0.1, 0.15) is 11.1 Å². The van der Waals surface area contributed by atoms with Gasteiger partial charge in [-0.05, 0) is 25.5 Å². The molecular formula is C14H16N2O3. The largest absolute Gasteiger partial charge is 0.422 e. The molecule has 5 heteroatoms. The summed E-state index contributed by atoms with van der Waals surface area (Å²) in [6.45, 7) is 3.82. The van der Waals surface area contributed by atoms with Crippen LogP contribution in [0.25, 0.3) is 11.0 Å². The van der Waals surface area contributed by atoms with Crippen LogP contribution in [0.2, 0.25) is 0 Å². The van der Waals surface area contributed by atoms with Crippen LogP contribution in [0.15, 0.2) is 33.5 Å². The minimum absolute atomic E-state index is 0.0407. The number of nitrogens with two attached hydrogens (primary N) is 1. The van der Waals surface area contributed by atoms with Gasteiger partial charge in [0.25, 0.3) is 5.91 Å². The molecule has 1 aromatic heterocycles. The second kappa shape index (κ2) is 5.24. The Balaban J connectivity index is 2.55. The van der Waals surface area contributed by atoms with Crippen molar-refractivity contribution in [2.24, 2.45) is 5.73 Å². The maximum Gasteiger partial charge on any atom is 0.349 e. The van der Waals surface area contributed by atoms with E-state index in [1.807, 2.05) is 12.1 Å². The Morgan fingerprint density at radius 1 is 1.42 bits per heavy atom. The zero-order valence-electron chi connectivity index (χ0n) is 10.9. The quantitative estimate of drug-likeness (QED) is 0.811. The van der Waals surface area contributed by atoms with Crippen molar-refractivity contribution in [1.82, 2.24) is 5.32 Å². The summed E-state index contributed by atoms with van der Waals surface area (Å²) < 4.78 is 5.16. The number of hydrogen-bond acceptors (Lipinski definition) is 4. The van der Waals surface area contributed by atoms with Crippen LogP contribution in [0.3, 0.4) is 0 Å². The average Bonchev–Trinajstić information content (AvgIpc) is 2.38. The molecule has 3 N–H and O–H groups in total. The highest BCUT2D eigenvalue weighted by atomic mass is 16.4. The molecule has 0 spiro atoms. The van der Waals surface area contributed by atoms with Crippen LogP contribution in [0.4, 0.5) is 0 Å². The van der Waals surface area contributed by atoms with Crippen LogP contribution in [0.1, 0.15) is 22.8 Å². The van der Waals surface area contributed by atoms with Gasteiger partial charge in [0, 0.05) is 18.0 Å². The van der Waals surface area contributed by atoms with E-state index in [2.05, 4.69) is 5.32 Å². The van der Waals surface area contributed by atoms with Gasteiger partial charge in [-0.25, -0.2) is 4.79 Å². The molecule has 0 unspecified atom stereocenters. The van der Waals surface area contributed by atoms with Crippen molar-refractivity contribution >= 4 is 16.9 Å². The molecule has 0 aliphatic carbocycles. The zero-order valence-corrected chi connectivity index (χ0v) is 10.9. The van der Waals surface area contributed by atoms with Crippen LogP contribution in [0.5, 0.6) is 0 Å².